The molecule has 0 radical (unpaired) electrons. The van der Waals surface area contributed by atoms with Gasteiger partial charge in [0, 0.05) is 19.5 Å². The van der Waals surface area contributed by atoms with Crippen LogP contribution in [0.4, 0.5) is 0 Å². The van der Waals surface area contributed by atoms with Gasteiger partial charge in [-0.2, -0.15) is 0 Å². The van der Waals surface area contributed by atoms with E-state index in [0.717, 1.165) is 11.1 Å². The first-order chi connectivity index (χ1) is 16.1. The third kappa shape index (κ3) is 7.10. The molecule has 0 atom stereocenters. The van der Waals surface area contributed by atoms with Crippen molar-refractivity contribution in [2.75, 3.05) is 26.9 Å². The predicted molar refractivity (Wildman–Crippen MR) is 126 cm³/mol. The van der Waals surface area contributed by atoms with Crippen LogP contribution in [0.15, 0.2) is 78.9 Å². The summed E-state index contributed by atoms with van der Waals surface area (Å²) in [6.45, 7) is 3.55. The zero-order chi connectivity index (χ0) is 23.5. The molecule has 172 valence electrons. The summed E-state index contributed by atoms with van der Waals surface area (Å²) in [5.74, 6) is 0.661. The molecule has 0 unspecified atom stereocenters. The van der Waals surface area contributed by atoms with Gasteiger partial charge in [0.2, 0.25) is 0 Å². The minimum absolute atomic E-state index is 0.00650. The first kappa shape index (κ1) is 23.9. The average molecular weight is 448 g/mol. The Hall–Kier alpha value is -3.80. The van der Waals surface area contributed by atoms with Crippen molar-refractivity contribution in [1.82, 2.24) is 4.90 Å². The van der Waals surface area contributed by atoms with Crippen molar-refractivity contribution in [2.24, 2.45) is 0 Å². The quantitative estimate of drug-likeness (QED) is 0.404. The fraction of sp³-hybridized carbons (Fsp3) is 0.259. The van der Waals surface area contributed by atoms with Crippen LogP contribution in [-0.2, 0) is 22.5 Å². The van der Waals surface area contributed by atoms with Gasteiger partial charge in [-0.15, -0.1) is 0 Å². The third-order valence-corrected chi connectivity index (χ3v) is 5.18. The topological polar surface area (TPSA) is 65.1 Å². The predicted octanol–water partition coefficient (Wildman–Crippen LogP) is 4.52. The zero-order valence-corrected chi connectivity index (χ0v) is 19.0. The van der Waals surface area contributed by atoms with Crippen LogP contribution in [0, 0.1) is 0 Å². The fourth-order valence-corrected chi connectivity index (χ4v) is 3.32. The Morgan fingerprint density at radius 1 is 0.818 bits per heavy atom. The Morgan fingerprint density at radius 2 is 1.52 bits per heavy atom. The molecular formula is C27H29NO5. The van der Waals surface area contributed by atoms with E-state index in [1.807, 2.05) is 67.6 Å². The molecular weight excluding hydrogens is 418 g/mol. The summed E-state index contributed by atoms with van der Waals surface area (Å²) >= 11 is 0. The Bertz CT molecular complexity index is 1030. The van der Waals surface area contributed by atoms with E-state index in [1.165, 1.54) is 7.11 Å². The summed E-state index contributed by atoms with van der Waals surface area (Å²) in [5.41, 5.74) is 2.55. The number of para-hydroxylation sites is 1. The molecule has 0 spiro atoms. The van der Waals surface area contributed by atoms with Gasteiger partial charge in [-0.1, -0.05) is 54.6 Å². The smallest absolute Gasteiger partial charge is 0.341 e. The first-order valence-corrected chi connectivity index (χ1v) is 10.9. The van der Waals surface area contributed by atoms with Crippen molar-refractivity contribution in [3.8, 4) is 11.5 Å². The van der Waals surface area contributed by atoms with Gasteiger partial charge in [0.15, 0.2) is 6.61 Å². The molecule has 0 fully saturated rings. The van der Waals surface area contributed by atoms with Crippen molar-refractivity contribution in [3.05, 3.63) is 95.6 Å². The molecule has 1 amide bonds. The number of likely N-dealkylation sites (N-methyl/N-ethyl adjacent to an activating group) is 1. The van der Waals surface area contributed by atoms with Crippen LogP contribution in [0.5, 0.6) is 11.5 Å². The van der Waals surface area contributed by atoms with E-state index < -0.39 is 5.97 Å². The number of rotatable bonds is 11. The van der Waals surface area contributed by atoms with Crippen LogP contribution in [0.3, 0.4) is 0 Å². The van der Waals surface area contributed by atoms with E-state index in [9.17, 15) is 9.59 Å². The van der Waals surface area contributed by atoms with Crippen LogP contribution >= 0.6 is 0 Å². The van der Waals surface area contributed by atoms with Crippen LogP contribution < -0.4 is 9.47 Å². The molecule has 0 saturated carbocycles. The van der Waals surface area contributed by atoms with Crippen molar-refractivity contribution < 1.29 is 23.8 Å². The van der Waals surface area contributed by atoms with Gasteiger partial charge in [-0.25, -0.2) is 4.79 Å². The maximum Gasteiger partial charge on any atom is 0.341 e. The Labute approximate surface area is 194 Å². The van der Waals surface area contributed by atoms with E-state index in [0.29, 0.717) is 43.2 Å². The van der Waals surface area contributed by atoms with Gasteiger partial charge in [-0.05, 0) is 42.3 Å². The highest BCUT2D eigenvalue weighted by Gasteiger charge is 2.14. The summed E-state index contributed by atoms with van der Waals surface area (Å²) in [6.07, 6.45) is 0.662. The van der Waals surface area contributed by atoms with Gasteiger partial charge in [0.25, 0.3) is 5.91 Å². The molecule has 3 aromatic rings. The lowest BCUT2D eigenvalue weighted by Crippen LogP contribution is -2.34. The summed E-state index contributed by atoms with van der Waals surface area (Å²) in [4.78, 5) is 26.1. The average Bonchev–Trinajstić information content (AvgIpc) is 2.87. The minimum atomic E-state index is -0.424. The number of esters is 1. The first-order valence-electron chi connectivity index (χ1n) is 10.9. The molecule has 6 nitrogen and oxygen atoms in total. The van der Waals surface area contributed by atoms with Gasteiger partial charge < -0.3 is 19.1 Å². The number of benzene rings is 3. The number of nitrogens with zero attached hydrogens (tertiary/aromatic N) is 1. The standard InChI is InChI=1S/C27H29NO5/c1-3-28(19-22-9-5-4-6-10-22)26(29)20-33-23-15-13-21(14-16-23)17-18-32-25-12-8-7-11-24(25)27(30)31-2/h4-16H,3,17-20H2,1-2H3. The highest BCUT2D eigenvalue weighted by molar-refractivity contribution is 5.92. The number of ether oxygens (including phenoxy) is 3. The zero-order valence-electron chi connectivity index (χ0n) is 19.0. The summed E-state index contributed by atoms with van der Waals surface area (Å²) < 4.78 is 16.3. The number of carbonyl (C=O) groups is 2. The highest BCUT2D eigenvalue weighted by Crippen LogP contribution is 2.19. The van der Waals surface area contributed by atoms with Crippen LogP contribution in [0.25, 0.3) is 0 Å². The Kier molecular flexibility index (Phi) is 8.88. The second-order valence-electron chi connectivity index (χ2n) is 7.41. The molecule has 0 saturated heterocycles. The monoisotopic (exact) mass is 447 g/mol. The molecule has 3 rings (SSSR count). The molecule has 33 heavy (non-hydrogen) atoms. The fourth-order valence-electron chi connectivity index (χ4n) is 3.32. The van der Waals surface area contributed by atoms with E-state index >= 15 is 0 Å². The maximum atomic E-state index is 12.5. The molecule has 0 N–H and O–H groups in total. The molecule has 0 aliphatic carbocycles. The largest absolute Gasteiger partial charge is 0.492 e. The van der Waals surface area contributed by atoms with Gasteiger partial charge in [-0.3, -0.25) is 4.79 Å². The van der Waals surface area contributed by atoms with Crippen LogP contribution in [-0.4, -0.2) is 43.6 Å². The third-order valence-electron chi connectivity index (χ3n) is 5.18. The van der Waals surface area contributed by atoms with Crippen LogP contribution in [0.2, 0.25) is 0 Å². The van der Waals surface area contributed by atoms with E-state index in [2.05, 4.69) is 0 Å². The Balaban J connectivity index is 1.46. The SMILES string of the molecule is CCN(Cc1ccccc1)C(=O)COc1ccc(CCOc2ccccc2C(=O)OC)cc1. The van der Waals surface area contributed by atoms with E-state index in [1.54, 1.807) is 23.1 Å². The molecule has 0 aliphatic rings. The molecule has 0 bridgehead atoms. The van der Waals surface area contributed by atoms with E-state index in [-0.39, 0.29) is 12.5 Å². The Morgan fingerprint density at radius 3 is 2.21 bits per heavy atom. The second kappa shape index (κ2) is 12.3. The van der Waals surface area contributed by atoms with Gasteiger partial charge >= 0.3 is 5.97 Å². The second-order valence-corrected chi connectivity index (χ2v) is 7.41. The van der Waals surface area contributed by atoms with Crippen molar-refractivity contribution in [3.63, 3.8) is 0 Å². The summed E-state index contributed by atoms with van der Waals surface area (Å²) in [7, 11) is 1.35. The number of carbonyl (C=O) groups excluding carboxylic acids is 2. The number of hydrogen-bond donors (Lipinski definition) is 0. The number of methoxy groups -OCH3 is 1. The molecule has 0 aliphatic heterocycles. The van der Waals surface area contributed by atoms with Crippen LogP contribution in [0.1, 0.15) is 28.4 Å². The molecule has 3 aromatic carbocycles. The van der Waals surface area contributed by atoms with Gasteiger partial charge in [0.05, 0.1) is 13.7 Å². The molecule has 0 aromatic heterocycles. The lowest BCUT2D eigenvalue weighted by molar-refractivity contribution is -0.133. The maximum absolute atomic E-state index is 12.5. The highest BCUT2D eigenvalue weighted by atomic mass is 16.5. The normalized spacial score (nSPS) is 10.4. The number of hydrogen-bond acceptors (Lipinski definition) is 5. The lowest BCUT2D eigenvalue weighted by atomic mass is 10.1. The minimum Gasteiger partial charge on any atom is -0.492 e. The van der Waals surface area contributed by atoms with Crippen molar-refractivity contribution in [1.29, 1.82) is 0 Å². The summed E-state index contributed by atoms with van der Waals surface area (Å²) in [5, 5.41) is 0. The molecule has 0 heterocycles. The van der Waals surface area contributed by atoms with Gasteiger partial charge in [0.1, 0.15) is 17.1 Å². The molecule has 6 heteroatoms. The van der Waals surface area contributed by atoms with Crippen molar-refractivity contribution >= 4 is 11.9 Å². The number of amides is 1. The summed E-state index contributed by atoms with van der Waals surface area (Å²) in [6, 6.07) is 24.5. The lowest BCUT2D eigenvalue weighted by Gasteiger charge is -2.21. The van der Waals surface area contributed by atoms with Crippen molar-refractivity contribution in [2.45, 2.75) is 19.9 Å². The van der Waals surface area contributed by atoms with E-state index in [4.69, 9.17) is 14.2 Å².